The van der Waals surface area contributed by atoms with Crippen LogP contribution in [0.5, 0.6) is 5.75 Å². The highest BCUT2D eigenvalue weighted by Crippen LogP contribution is 2.18. The molecule has 1 unspecified atom stereocenters. The van der Waals surface area contributed by atoms with Crippen molar-refractivity contribution >= 4 is 11.6 Å². The molecule has 0 saturated carbocycles. The second-order valence-electron chi connectivity index (χ2n) is 7.18. The lowest BCUT2D eigenvalue weighted by Crippen LogP contribution is -2.37. The highest BCUT2D eigenvalue weighted by molar-refractivity contribution is 5.94. The lowest BCUT2D eigenvalue weighted by atomic mass is 10.1. The average Bonchev–Trinajstić information content (AvgIpc) is 3.16. The Morgan fingerprint density at radius 2 is 1.90 bits per heavy atom. The lowest BCUT2D eigenvalue weighted by Gasteiger charge is -2.14. The Balaban J connectivity index is 1.51. The second-order valence-corrected chi connectivity index (χ2v) is 7.18. The number of hydrogen-bond acceptors (Lipinski definition) is 4. The van der Waals surface area contributed by atoms with E-state index in [0.29, 0.717) is 12.1 Å². The first-order valence-corrected chi connectivity index (χ1v) is 9.91. The second kappa shape index (κ2) is 9.89. The molecule has 1 heterocycles. The third kappa shape index (κ3) is 6.19. The molecule has 2 atom stereocenters. The molecule has 2 aromatic carbocycles. The Morgan fingerprint density at radius 3 is 2.59 bits per heavy atom. The molecule has 0 fully saturated rings. The zero-order valence-corrected chi connectivity index (χ0v) is 16.9. The van der Waals surface area contributed by atoms with Crippen molar-refractivity contribution in [2.45, 2.75) is 45.4 Å². The molecule has 3 aromatic rings. The van der Waals surface area contributed by atoms with Crippen LogP contribution < -0.4 is 15.8 Å². The lowest BCUT2D eigenvalue weighted by molar-refractivity contribution is -0.117. The van der Waals surface area contributed by atoms with Gasteiger partial charge in [-0.1, -0.05) is 37.3 Å². The molecule has 0 aliphatic heterocycles. The van der Waals surface area contributed by atoms with Crippen molar-refractivity contribution in [2.24, 2.45) is 5.73 Å². The molecule has 0 saturated heterocycles. The zero-order valence-electron chi connectivity index (χ0n) is 16.9. The SMILES string of the molecule is CCC(C)Oc1ccc(NC(=O)[C@@H](N)Cc2cn(Cc3ccccc3)cn2)cc1. The van der Waals surface area contributed by atoms with Gasteiger partial charge in [-0.3, -0.25) is 4.79 Å². The molecule has 6 nitrogen and oxygen atoms in total. The standard InChI is InChI=1S/C23H28N4O2/c1-3-17(2)29-21-11-9-19(10-12-21)26-23(28)22(24)13-20-15-27(16-25-20)14-18-7-5-4-6-8-18/h4-12,15-17,22H,3,13-14,24H2,1-2H3,(H,26,28)/t17?,22-/m0/s1. The summed E-state index contributed by atoms with van der Waals surface area (Å²) in [7, 11) is 0. The van der Waals surface area contributed by atoms with Crippen LogP contribution >= 0.6 is 0 Å². The predicted molar refractivity (Wildman–Crippen MR) is 115 cm³/mol. The molecular weight excluding hydrogens is 364 g/mol. The minimum absolute atomic E-state index is 0.158. The fourth-order valence-corrected chi connectivity index (χ4v) is 2.88. The normalized spacial score (nSPS) is 12.9. The van der Waals surface area contributed by atoms with E-state index in [9.17, 15) is 4.79 Å². The fraction of sp³-hybridized carbons (Fsp3) is 0.304. The van der Waals surface area contributed by atoms with Crippen LogP contribution in [0.15, 0.2) is 67.1 Å². The number of nitrogens with two attached hydrogens (primary N) is 1. The summed E-state index contributed by atoms with van der Waals surface area (Å²) in [5.74, 6) is 0.545. The maximum atomic E-state index is 12.4. The summed E-state index contributed by atoms with van der Waals surface area (Å²) in [5, 5.41) is 2.85. The summed E-state index contributed by atoms with van der Waals surface area (Å²) in [6.45, 7) is 4.83. The highest BCUT2D eigenvalue weighted by atomic mass is 16.5. The number of carbonyl (C=O) groups is 1. The number of nitrogens with one attached hydrogen (secondary N) is 1. The number of ether oxygens (including phenoxy) is 1. The maximum Gasteiger partial charge on any atom is 0.241 e. The van der Waals surface area contributed by atoms with Gasteiger partial charge in [0, 0.05) is 24.8 Å². The van der Waals surface area contributed by atoms with Crippen molar-refractivity contribution in [3.8, 4) is 5.75 Å². The summed E-state index contributed by atoms with van der Waals surface area (Å²) in [6.07, 6.45) is 5.17. The van der Waals surface area contributed by atoms with E-state index in [2.05, 4.69) is 29.4 Å². The van der Waals surface area contributed by atoms with E-state index in [1.807, 2.05) is 60.2 Å². The highest BCUT2D eigenvalue weighted by Gasteiger charge is 2.16. The Bertz CT molecular complexity index is 906. The first kappa shape index (κ1) is 20.6. The largest absolute Gasteiger partial charge is 0.491 e. The van der Waals surface area contributed by atoms with Crippen molar-refractivity contribution in [1.82, 2.24) is 9.55 Å². The van der Waals surface area contributed by atoms with E-state index < -0.39 is 6.04 Å². The molecule has 1 aromatic heterocycles. The third-order valence-electron chi connectivity index (χ3n) is 4.69. The van der Waals surface area contributed by atoms with Gasteiger partial charge in [-0.2, -0.15) is 0 Å². The summed E-state index contributed by atoms with van der Waals surface area (Å²) < 4.78 is 7.74. The number of hydrogen-bond donors (Lipinski definition) is 2. The molecule has 6 heteroatoms. The topological polar surface area (TPSA) is 82.2 Å². The molecule has 0 bridgehead atoms. The van der Waals surface area contributed by atoms with Gasteiger partial charge >= 0.3 is 0 Å². The number of imidazole rings is 1. The van der Waals surface area contributed by atoms with Gasteiger partial charge in [0.05, 0.1) is 24.2 Å². The van der Waals surface area contributed by atoms with Gasteiger partial charge in [0.1, 0.15) is 5.75 Å². The predicted octanol–water partition coefficient (Wildman–Crippen LogP) is 3.62. The van der Waals surface area contributed by atoms with E-state index in [4.69, 9.17) is 10.5 Å². The van der Waals surface area contributed by atoms with Crippen LogP contribution in [0.3, 0.4) is 0 Å². The Morgan fingerprint density at radius 1 is 1.17 bits per heavy atom. The Kier molecular flexibility index (Phi) is 7.03. The molecule has 3 rings (SSSR count). The first-order chi connectivity index (χ1) is 14.0. The molecule has 152 valence electrons. The minimum atomic E-state index is -0.675. The van der Waals surface area contributed by atoms with E-state index in [1.54, 1.807) is 6.33 Å². The van der Waals surface area contributed by atoms with E-state index in [0.717, 1.165) is 24.4 Å². The van der Waals surface area contributed by atoms with Crippen LogP contribution in [0.4, 0.5) is 5.69 Å². The minimum Gasteiger partial charge on any atom is -0.491 e. The van der Waals surface area contributed by atoms with Gasteiger partial charge in [-0.05, 0) is 43.2 Å². The van der Waals surface area contributed by atoms with Crippen LogP contribution in [0.25, 0.3) is 0 Å². The monoisotopic (exact) mass is 392 g/mol. The van der Waals surface area contributed by atoms with Gasteiger partial charge in [0.25, 0.3) is 0 Å². The van der Waals surface area contributed by atoms with Crippen molar-refractivity contribution < 1.29 is 9.53 Å². The van der Waals surface area contributed by atoms with Crippen molar-refractivity contribution in [3.63, 3.8) is 0 Å². The van der Waals surface area contributed by atoms with Gasteiger partial charge in [-0.25, -0.2) is 4.98 Å². The van der Waals surface area contributed by atoms with Crippen LogP contribution in [0.2, 0.25) is 0 Å². The molecule has 0 spiro atoms. The number of amides is 1. The van der Waals surface area contributed by atoms with E-state index in [-0.39, 0.29) is 12.0 Å². The molecule has 0 radical (unpaired) electrons. The molecule has 1 amide bonds. The molecule has 3 N–H and O–H groups in total. The Labute approximate surface area is 171 Å². The van der Waals surface area contributed by atoms with Crippen LogP contribution in [0.1, 0.15) is 31.5 Å². The maximum absolute atomic E-state index is 12.4. The average molecular weight is 393 g/mol. The van der Waals surface area contributed by atoms with Crippen molar-refractivity contribution in [3.05, 3.63) is 78.4 Å². The number of anilines is 1. The molecule has 29 heavy (non-hydrogen) atoms. The van der Waals surface area contributed by atoms with E-state index >= 15 is 0 Å². The van der Waals surface area contributed by atoms with Gasteiger partial charge in [0.15, 0.2) is 0 Å². The van der Waals surface area contributed by atoms with Crippen molar-refractivity contribution in [2.75, 3.05) is 5.32 Å². The number of carbonyl (C=O) groups excluding carboxylic acids is 1. The third-order valence-corrected chi connectivity index (χ3v) is 4.69. The van der Waals surface area contributed by atoms with Crippen LogP contribution in [-0.4, -0.2) is 27.6 Å². The van der Waals surface area contributed by atoms with Gasteiger partial charge in [0.2, 0.25) is 5.91 Å². The smallest absolute Gasteiger partial charge is 0.241 e. The summed E-state index contributed by atoms with van der Waals surface area (Å²) >= 11 is 0. The van der Waals surface area contributed by atoms with E-state index in [1.165, 1.54) is 5.56 Å². The molecular formula is C23H28N4O2. The number of nitrogens with zero attached hydrogens (tertiary/aromatic N) is 2. The molecule has 0 aliphatic carbocycles. The van der Waals surface area contributed by atoms with Gasteiger partial charge in [-0.15, -0.1) is 0 Å². The zero-order chi connectivity index (χ0) is 20.6. The summed E-state index contributed by atoms with van der Waals surface area (Å²) in [5.41, 5.74) is 8.76. The fourth-order valence-electron chi connectivity index (χ4n) is 2.88. The number of rotatable bonds is 9. The first-order valence-electron chi connectivity index (χ1n) is 9.91. The number of aromatic nitrogens is 2. The van der Waals surface area contributed by atoms with Crippen LogP contribution in [0, 0.1) is 0 Å². The summed E-state index contributed by atoms with van der Waals surface area (Å²) in [4.78, 5) is 16.8. The quantitative estimate of drug-likeness (QED) is 0.583. The Hall–Kier alpha value is -3.12. The van der Waals surface area contributed by atoms with Gasteiger partial charge < -0.3 is 20.4 Å². The molecule has 0 aliphatic rings. The van der Waals surface area contributed by atoms with Crippen LogP contribution in [-0.2, 0) is 17.8 Å². The van der Waals surface area contributed by atoms with Crippen molar-refractivity contribution in [1.29, 1.82) is 0 Å². The summed E-state index contributed by atoms with van der Waals surface area (Å²) in [6, 6.07) is 16.8. The number of benzene rings is 2.